The Labute approximate surface area is 123 Å². The highest BCUT2D eigenvalue weighted by molar-refractivity contribution is 5.86. The van der Waals surface area contributed by atoms with E-state index in [1.807, 2.05) is 31.2 Å². The van der Waals surface area contributed by atoms with Gasteiger partial charge in [-0.1, -0.05) is 19.1 Å². The quantitative estimate of drug-likeness (QED) is 0.829. The van der Waals surface area contributed by atoms with Crippen molar-refractivity contribution >= 4 is 5.97 Å². The Kier molecular flexibility index (Phi) is 5.00. The molecular weight excluding hydrogens is 270 g/mol. The molecule has 0 saturated heterocycles. The number of nitrogens with one attached hydrogen (secondary N) is 1. The van der Waals surface area contributed by atoms with Crippen LogP contribution < -0.4 is 10.1 Å². The van der Waals surface area contributed by atoms with Gasteiger partial charge in [0, 0.05) is 0 Å². The average molecular weight is 289 g/mol. The topological polar surface area (TPSA) is 60.7 Å². The highest BCUT2D eigenvalue weighted by Crippen LogP contribution is 2.26. The first-order valence-electron chi connectivity index (χ1n) is 6.75. The van der Waals surface area contributed by atoms with Crippen molar-refractivity contribution in [3.8, 4) is 5.75 Å². The lowest BCUT2D eigenvalue weighted by Crippen LogP contribution is -2.21. The maximum atomic E-state index is 11.5. The minimum atomic E-state index is -0.484. The average Bonchev–Trinajstić information content (AvgIpc) is 3.01. The van der Waals surface area contributed by atoms with Crippen LogP contribution in [0.4, 0.5) is 0 Å². The molecular formula is C16H19NO4. The molecule has 0 aliphatic rings. The molecule has 5 heteroatoms. The smallest absolute Gasteiger partial charge is 0.373 e. The molecule has 1 N–H and O–H groups in total. The first-order chi connectivity index (χ1) is 10.2. The summed E-state index contributed by atoms with van der Waals surface area (Å²) in [7, 11) is 2.96. The number of ether oxygens (including phenoxy) is 2. The maximum Gasteiger partial charge on any atom is 0.373 e. The van der Waals surface area contributed by atoms with Crippen LogP contribution in [-0.4, -0.2) is 26.7 Å². The highest BCUT2D eigenvalue weighted by Gasteiger charge is 2.20. The van der Waals surface area contributed by atoms with E-state index >= 15 is 0 Å². The van der Waals surface area contributed by atoms with E-state index in [4.69, 9.17) is 9.15 Å². The Morgan fingerprint density at radius 3 is 2.76 bits per heavy atom. The number of carbonyl (C=O) groups is 1. The summed E-state index contributed by atoms with van der Waals surface area (Å²) < 4.78 is 15.5. The van der Waals surface area contributed by atoms with Crippen molar-refractivity contribution in [2.24, 2.45) is 0 Å². The minimum absolute atomic E-state index is 0.150. The van der Waals surface area contributed by atoms with Gasteiger partial charge < -0.3 is 19.2 Å². The van der Waals surface area contributed by atoms with Gasteiger partial charge in [0.2, 0.25) is 5.76 Å². The standard InChI is InChI=1S/C16H19NO4/c1-4-17-15(11-6-5-7-12(10-11)19-2)13-8-9-14(21-13)16(18)20-3/h5-10,15,17H,4H2,1-3H3. The zero-order valence-electron chi connectivity index (χ0n) is 12.4. The molecule has 112 valence electrons. The third-order valence-corrected chi connectivity index (χ3v) is 3.13. The fourth-order valence-corrected chi connectivity index (χ4v) is 2.13. The van der Waals surface area contributed by atoms with Crippen LogP contribution in [0.25, 0.3) is 0 Å². The molecule has 2 aromatic rings. The lowest BCUT2D eigenvalue weighted by atomic mass is 10.0. The predicted octanol–water partition coefficient (Wildman–Crippen LogP) is 2.77. The predicted molar refractivity (Wildman–Crippen MR) is 78.6 cm³/mol. The van der Waals surface area contributed by atoms with Crippen LogP contribution in [0.2, 0.25) is 0 Å². The molecule has 21 heavy (non-hydrogen) atoms. The lowest BCUT2D eigenvalue weighted by molar-refractivity contribution is 0.0562. The lowest BCUT2D eigenvalue weighted by Gasteiger charge is -2.16. The van der Waals surface area contributed by atoms with Crippen LogP contribution in [0.5, 0.6) is 5.75 Å². The molecule has 0 saturated carbocycles. The van der Waals surface area contributed by atoms with E-state index in [2.05, 4.69) is 10.1 Å². The highest BCUT2D eigenvalue weighted by atomic mass is 16.5. The van der Waals surface area contributed by atoms with Gasteiger partial charge in [0.05, 0.1) is 20.3 Å². The molecule has 1 unspecified atom stereocenters. The summed E-state index contributed by atoms with van der Waals surface area (Å²) in [6.07, 6.45) is 0. The Hall–Kier alpha value is -2.27. The number of furan rings is 1. The Morgan fingerprint density at radius 1 is 1.29 bits per heavy atom. The monoisotopic (exact) mass is 289 g/mol. The summed E-state index contributed by atoms with van der Waals surface area (Å²) in [5.41, 5.74) is 1.00. The van der Waals surface area contributed by atoms with Crippen LogP contribution >= 0.6 is 0 Å². The Morgan fingerprint density at radius 2 is 2.10 bits per heavy atom. The van der Waals surface area contributed by atoms with Crippen molar-refractivity contribution < 1.29 is 18.7 Å². The van der Waals surface area contributed by atoms with E-state index < -0.39 is 5.97 Å². The molecule has 0 radical (unpaired) electrons. The largest absolute Gasteiger partial charge is 0.497 e. The molecule has 5 nitrogen and oxygen atoms in total. The first kappa shape index (κ1) is 15.1. The molecule has 1 aromatic heterocycles. The van der Waals surface area contributed by atoms with E-state index in [1.165, 1.54) is 7.11 Å². The number of benzene rings is 1. The number of carbonyl (C=O) groups excluding carboxylic acids is 1. The van der Waals surface area contributed by atoms with Crippen LogP contribution in [0.15, 0.2) is 40.8 Å². The zero-order chi connectivity index (χ0) is 15.2. The van der Waals surface area contributed by atoms with Crippen molar-refractivity contribution in [2.45, 2.75) is 13.0 Å². The van der Waals surface area contributed by atoms with Gasteiger partial charge in [0.25, 0.3) is 0 Å². The van der Waals surface area contributed by atoms with Gasteiger partial charge in [-0.05, 0) is 36.4 Å². The summed E-state index contributed by atoms with van der Waals surface area (Å²) in [5, 5.41) is 3.34. The van der Waals surface area contributed by atoms with Gasteiger partial charge in [0.1, 0.15) is 11.5 Å². The van der Waals surface area contributed by atoms with Crippen LogP contribution in [0.3, 0.4) is 0 Å². The van der Waals surface area contributed by atoms with Gasteiger partial charge >= 0.3 is 5.97 Å². The van der Waals surface area contributed by atoms with Gasteiger partial charge in [-0.15, -0.1) is 0 Å². The van der Waals surface area contributed by atoms with Crippen molar-refractivity contribution in [1.29, 1.82) is 0 Å². The van der Waals surface area contributed by atoms with E-state index in [9.17, 15) is 4.79 Å². The van der Waals surface area contributed by atoms with E-state index in [1.54, 1.807) is 19.2 Å². The SMILES string of the molecule is CCNC(c1cccc(OC)c1)c1ccc(C(=O)OC)o1. The van der Waals surface area contributed by atoms with E-state index in [-0.39, 0.29) is 11.8 Å². The molecule has 1 heterocycles. The van der Waals surface area contributed by atoms with Crippen molar-refractivity contribution in [3.05, 3.63) is 53.5 Å². The Balaban J connectivity index is 2.33. The fourth-order valence-electron chi connectivity index (χ4n) is 2.13. The molecule has 2 rings (SSSR count). The fraction of sp³-hybridized carbons (Fsp3) is 0.312. The summed E-state index contributed by atoms with van der Waals surface area (Å²) in [5.74, 6) is 1.14. The third-order valence-electron chi connectivity index (χ3n) is 3.13. The number of hydrogen-bond acceptors (Lipinski definition) is 5. The maximum absolute atomic E-state index is 11.5. The van der Waals surface area contributed by atoms with E-state index in [0.29, 0.717) is 5.76 Å². The normalized spacial score (nSPS) is 12.0. The van der Waals surface area contributed by atoms with Crippen molar-refractivity contribution in [2.75, 3.05) is 20.8 Å². The van der Waals surface area contributed by atoms with Gasteiger partial charge in [-0.2, -0.15) is 0 Å². The molecule has 0 amide bonds. The van der Waals surface area contributed by atoms with Gasteiger partial charge in [-0.3, -0.25) is 0 Å². The van der Waals surface area contributed by atoms with Crippen molar-refractivity contribution in [3.63, 3.8) is 0 Å². The van der Waals surface area contributed by atoms with E-state index in [0.717, 1.165) is 17.9 Å². The molecule has 0 bridgehead atoms. The Bertz CT molecular complexity index is 606. The second kappa shape index (κ2) is 6.95. The molecule has 0 aliphatic heterocycles. The minimum Gasteiger partial charge on any atom is -0.497 e. The third kappa shape index (κ3) is 3.44. The molecule has 1 atom stereocenters. The number of rotatable bonds is 6. The molecule has 0 fully saturated rings. The number of methoxy groups -OCH3 is 2. The second-order valence-electron chi connectivity index (χ2n) is 4.46. The van der Waals surface area contributed by atoms with Gasteiger partial charge in [-0.25, -0.2) is 4.79 Å². The van der Waals surface area contributed by atoms with Crippen molar-refractivity contribution in [1.82, 2.24) is 5.32 Å². The first-order valence-corrected chi connectivity index (χ1v) is 6.75. The van der Waals surface area contributed by atoms with Gasteiger partial charge in [0.15, 0.2) is 0 Å². The summed E-state index contributed by atoms with van der Waals surface area (Å²) in [6, 6.07) is 11.0. The molecule has 0 spiro atoms. The number of esters is 1. The summed E-state index contributed by atoms with van der Waals surface area (Å²) in [6.45, 7) is 2.77. The zero-order valence-corrected chi connectivity index (χ0v) is 12.4. The van der Waals surface area contributed by atoms with Crippen LogP contribution in [-0.2, 0) is 4.74 Å². The number of hydrogen-bond donors (Lipinski definition) is 1. The summed E-state index contributed by atoms with van der Waals surface area (Å²) in [4.78, 5) is 11.5. The van der Waals surface area contributed by atoms with Crippen LogP contribution in [0, 0.1) is 0 Å². The van der Waals surface area contributed by atoms with Crippen LogP contribution in [0.1, 0.15) is 34.8 Å². The summed E-state index contributed by atoms with van der Waals surface area (Å²) >= 11 is 0. The molecule has 0 aliphatic carbocycles. The second-order valence-corrected chi connectivity index (χ2v) is 4.46. The molecule has 1 aromatic carbocycles.